The lowest BCUT2D eigenvalue weighted by atomic mass is 9.89. The van der Waals surface area contributed by atoms with Crippen molar-refractivity contribution in [1.82, 2.24) is 5.32 Å². The molecule has 1 saturated heterocycles. The third-order valence-corrected chi connectivity index (χ3v) is 4.10. The molecule has 0 radical (unpaired) electrons. The highest BCUT2D eigenvalue weighted by Gasteiger charge is 2.24. The van der Waals surface area contributed by atoms with Gasteiger partial charge in [-0.3, -0.25) is 9.59 Å². The maximum absolute atomic E-state index is 14.0. The van der Waals surface area contributed by atoms with Gasteiger partial charge in [-0.15, -0.1) is 0 Å². The van der Waals surface area contributed by atoms with E-state index in [0.29, 0.717) is 31.6 Å². The molecule has 1 aromatic carbocycles. The minimum Gasteiger partial charge on any atom is -0.396 e. The molecule has 2 amide bonds. The molecule has 0 saturated carbocycles. The van der Waals surface area contributed by atoms with Crippen molar-refractivity contribution in [1.29, 1.82) is 0 Å². The van der Waals surface area contributed by atoms with Crippen LogP contribution in [-0.2, 0) is 4.79 Å². The summed E-state index contributed by atoms with van der Waals surface area (Å²) in [6.45, 7) is 4.79. The number of hydrogen-bond acceptors (Lipinski definition) is 3. The Morgan fingerprint density at radius 1 is 1.43 bits per heavy atom. The summed E-state index contributed by atoms with van der Waals surface area (Å²) in [5.74, 6) is -1.13. The normalized spacial score (nSPS) is 15.1. The van der Waals surface area contributed by atoms with Crippen LogP contribution >= 0.6 is 0 Å². The van der Waals surface area contributed by atoms with E-state index < -0.39 is 11.7 Å². The quantitative estimate of drug-likeness (QED) is 0.842. The smallest absolute Gasteiger partial charge is 0.254 e. The molecule has 1 aliphatic heterocycles. The third-order valence-electron chi connectivity index (χ3n) is 4.10. The lowest BCUT2D eigenvalue weighted by Crippen LogP contribution is -2.35. The number of aliphatic hydroxyl groups is 1. The van der Waals surface area contributed by atoms with Crippen molar-refractivity contribution in [3.63, 3.8) is 0 Å². The summed E-state index contributed by atoms with van der Waals surface area (Å²) < 4.78 is 14.0. The van der Waals surface area contributed by atoms with E-state index in [-0.39, 0.29) is 23.5 Å². The molecule has 126 valence electrons. The predicted octanol–water partition coefficient (Wildman–Crippen LogP) is 2.09. The van der Waals surface area contributed by atoms with Gasteiger partial charge in [-0.25, -0.2) is 4.39 Å². The molecule has 6 heteroatoms. The van der Waals surface area contributed by atoms with Crippen LogP contribution in [0.5, 0.6) is 0 Å². The van der Waals surface area contributed by atoms with Gasteiger partial charge in [0, 0.05) is 31.8 Å². The van der Waals surface area contributed by atoms with Crippen LogP contribution in [0.25, 0.3) is 0 Å². The first-order valence-corrected chi connectivity index (χ1v) is 7.83. The first kappa shape index (κ1) is 17.4. The molecule has 0 unspecified atom stereocenters. The topological polar surface area (TPSA) is 69.6 Å². The minimum atomic E-state index is -0.613. The molecule has 2 N–H and O–H groups in total. The Bertz CT molecular complexity index is 602. The number of nitrogens with zero attached hydrogens (tertiary/aromatic N) is 1. The maximum atomic E-state index is 14.0. The summed E-state index contributed by atoms with van der Waals surface area (Å²) in [5.41, 5.74) is 0.208. The number of nitrogens with one attached hydrogen (secondary N) is 1. The number of aliphatic hydroxyl groups excluding tert-OH is 1. The van der Waals surface area contributed by atoms with E-state index in [9.17, 15) is 14.0 Å². The molecular formula is C17H23FN2O3. The van der Waals surface area contributed by atoms with Gasteiger partial charge in [0.25, 0.3) is 5.91 Å². The lowest BCUT2D eigenvalue weighted by molar-refractivity contribution is -0.117. The largest absolute Gasteiger partial charge is 0.396 e. The summed E-state index contributed by atoms with van der Waals surface area (Å²) in [7, 11) is 0. The van der Waals surface area contributed by atoms with Crippen LogP contribution < -0.4 is 10.2 Å². The summed E-state index contributed by atoms with van der Waals surface area (Å²) >= 11 is 0. The van der Waals surface area contributed by atoms with Crippen molar-refractivity contribution in [2.75, 3.05) is 24.6 Å². The predicted molar refractivity (Wildman–Crippen MR) is 85.8 cm³/mol. The summed E-state index contributed by atoms with van der Waals surface area (Å²) in [5, 5.41) is 11.7. The molecule has 23 heavy (non-hydrogen) atoms. The Kier molecular flexibility index (Phi) is 5.36. The highest BCUT2D eigenvalue weighted by molar-refractivity contribution is 5.99. The van der Waals surface area contributed by atoms with Gasteiger partial charge in [0.1, 0.15) is 5.82 Å². The second kappa shape index (κ2) is 7.08. The molecule has 1 aliphatic rings. The highest BCUT2D eigenvalue weighted by atomic mass is 19.1. The van der Waals surface area contributed by atoms with Crippen molar-refractivity contribution in [3.8, 4) is 0 Å². The van der Waals surface area contributed by atoms with Gasteiger partial charge in [0.2, 0.25) is 5.91 Å². The van der Waals surface area contributed by atoms with Crippen LogP contribution in [-0.4, -0.2) is 36.6 Å². The summed E-state index contributed by atoms with van der Waals surface area (Å²) in [6, 6.07) is 4.16. The van der Waals surface area contributed by atoms with Gasteiger partial charge in [-0.1, -0.05) is 13.8 Å². The van der Waals surface area contributed by atoms with Crippen LogP contribution in [0.4, 0.5) is 10.1 Å². The zero-order valence-electron chi connectivity index (χ0n) is 13.6. The molecule has 0 aromatic heterocycles. The Balaban J connectivity index is 2.12. The average molecular weight is 322 g/mol. The van der Waals surface area contributed by atoms with Crippen LogP contribution in [0.1, 0.15) is 43.5 Å². The monoisotopic (exact) mass is 322 g/mol. The SMILES string of the molecule is CC(C)(CCO)CNC(=O)c1cc(N2CCCC2=O)ccc1F. The van der Waals surface area contributed by atoms with E-state index in [2.05, 4.69) is 5.32 Å². The molecule has 1 aromatic rings. The van der Waals surface area contributed by atoms with Crippen LogP contribution in [0.2, 0.25) is 0 Å². The van der Waals surface area contributed by atoms with Gasteiger partial charge >= 0.3 is 0 Å². The van der Waals surface area contributed by atoms with Gasteiger partial charge in [-0.05, 0) is 36.5 Å². The average Bonchev–Trinajstić information content (AvgIpc) is 2.91. The molecule has 0 aliphatic carbocycles. The number of amides is 2. The molecule has 0 atom stereocenters. The Morgan fingerprint density at radius 2 is 2.17 bits per heavy atom. The van der Waals surface area contributed by atoms with Gasteiger partial charge in [0.05, 0.1) is 5.56 Å². The molecule has 0 bridgehead atoms. The fourth-order valence-electron chi connectivity index (χ4n) is 2.58. The number of carbonyl (C=O) groups excluding carboxylic acids is 2. The van der Waals surface area contributed by atoms with Crippen molar-refractivity contribution in [3.05, 3.63) is 29.6 Å². The number of hydrogen-bond donors (Lipinski definition) is 2. The number of benzene rings is 1. The maximum Gasteiger partial charge on any atom is 0.254 e. The third kappa shape index (κ3) is 4.28. The Labute approximate surface area is 135 Å². The zero-order valence-corrected chi connectivity index (χ0v) is 13.6. The van der Waals surface area contributed by atoms with Crippen molar-refractivity contribution < 1.29 is 19.1 Å². The van der Waals surface area contributed by atoms with Crippen LogP contribution in [0, 0.1) is 11.2 Å². The van der Waals surface area contributed by atoms with Crippen molar-refractivity contribution in [2.24, 2.45) is 5.41 Å². The molecule has 1 heterocycles. The van der Waals surface area contributed by atoms with Gasteiger partial charge < -0.3 is 15.3 Å². The number of rotatable bonds is 6. The fraction of sp³-hybridized carbons (Fsp3) is 0.529. The molecule has 2 rings (SSSR count). The Hall–Kier alpha value is -1.95. The lowest BCUT2D eigenvalue weighted by Gasteiger charge is -2.24. The fourth-order valence-corrected chi connectivity index (χ4v) is 2.58. The number of anilines is 1. The van der Waals surface area contributed by atoms with E-state index in [1.807, 2.05) is 13.8 Å². The van der Waals surface area contributed by atoms with E-state index in [4.69, 9.17) is 5.11 Å². The second-order valence-corrected chi connectivity index (χ2v) is 6.63. The highest BCUT2D eigenvalue weighted by Crippen LogP contribution is 2.24. The van der Waals surface area contributed by atoms with Crippen molar-refractivity contribution in [2.45, 2.75) is 33.1 Å². The number of carbonyl (C=O) groups is 2. The molecule has 5 nitrogen and oxygen atoms in total. The minimum absolute atomic E-state index is 0.00737. The van der Waals surface area contributed by atoms with Crippen molar-refractivity contribution >= 4 is 17.5 Å². The summed E-state index contributed by atoms with van der Waals surface area (Å²) in [6.07, 6.45) is 1.79. The van der Waals surface area contributed by atoms with E-state index in [0.717, 1.165) is 6.42 Å². The standard InChI is InChI=1S/C17H23FN2O3/c1-17(2,7-9-21)11-19-16(23)13-10-12(5-6-14(13)18)20-8-3-4-15(20)22/h5-6,10,21H,3-4,7-9,11H2,1-2H3,(H,19,23). The first-order valence-electron chi connectivity index (χ1n) is 7.83. The van der Waals surface area contributed by atoms with E-state index in [1.165, 1.54) is 18.2 Å². The van der Waals surface area contributed by atoms with Crippen LogP contribution in [0.15, 0.2) is 18.2 Å². The van der Waals surface area contributed by atoms with E-state index >= 15 is 0 Å². The Morgan fingerprint density at radius 3 is 2.78 bits per heavy atom. The van der Waals surface area contributed by atoms with Gasteiger partial charge in [0.15, 0.2) is 0 Å². The summed E-state index contributed by atoms with van der Waals surface area (Å²) in [4.78, 5) is 25.6. The van der Waals surface area contributed by atoms with Gasteiger partial charge in [-0.2, -0.15) is 0 Å². The zero-order chi connectivity index (χ0) is 17.0. The number of halogens is 1. The molecule has 1 fully saturated rings. The molecular weight excluding hydrogens is 299 g/mol. The van der Waals surface area contributed by atoms with E-state index in [1.54, 1.807) is 4.90 Å². The molecule has 0 spiro atoms. The van der Waals surface area contributed by atoms with Crippen LogP contribution in [0.3, 0.4) is 0 Å². The first-order chi connectivity index (χ1) is 10.8. The second-order valence-electron chi connectivity index (χ2n) is 6.63.